The minimum atomic E-state index is -3.51. The van der Waals surface area contributed by atoms with Crippen LogP contribution in [0.25, 0.3) is 0 Å². The first kappa shape index (κ1) is 21.4. The third-order valence-electron chi connectivity index (χ3n) is 3.80. The number of hydrogen-bond donors (Lipinski definition) is 2. The molecule has 2 N–H and O–H groups in total. The van der Waals surface area contributed by atoms with Crippen molar-refractivity contribution in [2.75, 3.05) is 19.7 Å². The molecule has 2 aromatic rings. The number of hydrogen-bond acceptors (Lipinski definition) is 5. The molecule has 8 heteroatoms. The summed E-state index contributed by atoms with van der Waals surface area (Å²) in [6.07, 6.45) is 0. The molecule has 1 heterocycles. The van der Waals surface area contributed by atoms with Crippen LogP contribution in [0.4, 0.5) is 0 Å². The van der Waals surface area contributed by atoms with Gasteiger partial charge in [0.15, 0.2) is 6.61 Å². The predicted octanol–water partition coefficient (Wildman–Crippen LogP) is 2.83. The molecular weight excluding hydrogens is 384 g/mol. The zero-order chi connectivity index (χ0) is 20.1. The zero-order valence-electron chi connectivity index (χ0n) is 16.0. The summed E-state index contributed by atoms with van der Waals surface area (Å²) in [7, 11) is -3.51. The predicted molar refractivity (Wildman–Crippen MR) is 108 cm³/mol. The number of carbonyl (C=O) groups excluding carboxylic acids is 1. The van der Waals surface area contributed by atoms with Crippen LogP contribution < -0.4 is 14.8 Å². The summed E-state index contributed by atoms with van der Waals surface area (Å²) in [5, 5.41) is 4.35. The summed E-state index contributed by atoms with van der Waals surface area (Å²) in [4.78, 5) is 12.0. The van der Waals surface area contributed by atoms with Gasteiger partial charge in [-0.1, -0.05) is 44.5 Å². The summed E-state index contributed by atoms with van der Waals surface area (Å²) in [6, 6.07) is 9.09. The van der Waals surface area contributed by atoms with E-state index >= 15 is 0 Å². The van der Waals surface area contributed by atoms with E-state index in [9.17, 15) is 13.2 Å². The number of aryl methyl sites for hydroxylation is 1. The highest BCUT2D eigenvalue weighted by atomic mass is 32.2. The Morgan fingerprint density at radius 3 is 2.56 bits per heavy atom. The van der Waals surface area contributed by atoms with Gasteiger partial charge in [-0.15, -0.1) is 11.3 Å². The van der Waals surface area contributed by atoms with Crippen LogP contribution in [0.15, 0.2) is 39.9 Å². The number of carbonyl (C=O) groups is 1. The standard InChI is InChI=1S/C19H26N2O4S2/c1-14-7-8-16(15(12-14)19(2,3)4)25-13-17(22)20-9-10-21-27(23,24)18-6-5-11-26-18/h5-8,11-12,21H,9-10,13H2,1-4H3,(H,20,22). The summed E-state index contributed by atoms with van der Waals surface area (Å²) >= 11 is 1.15. The van der Waals surface area contributed by atoms with E-state index in [1.165, 1.54) is 6.07 Å². The lowest BCUT2D eigenvalue weighted by atomic mass is 9.85. The zero-order valence-corrected chi connectivity index (χ0v) is 17.7. The molecule has 0 bridgehead atoms. The van der Waals surface area contributed by atoms with Crippen LogP contribution >= 0.6 is 11.3 Å². The lowest BCUT2D eigenvalue weighted by Gasteiger charge is -2.23. The largest absolute Gasteiger partial charge is 0.483 e. The molecule has 0 aliphatic carbocycles. The molecule has 27 heavy (non-hydrogen) atoms. The Kier molecular flexibility index (Phi) is 7.02. The third-order valence-corrected chi connectivity index (χ3v) is 6.66. The molecule has 0 radical (unpaired) electrons. The minimum Gasteiger partial charge on any atom is -0.483 e. The molecule has 1 aromatic heterocycles. The molecule has 0 aliphatic rings. The lowest BCUT2D eigenvalue weighted by Crippen LogP contribution is -2.36. The molecule has 1 amide bonds. The number of nitrogens with one attached hydrogen (secondary N) is 2. The fourth-order valence-corrected chi connectivity index (χ4v) is 4.49. The maximum atomic E-state index is 12.0. The molecule has 2 rings (SSSR count). The smallest absolute Gasteiger partial charge is 0.257 e. The summed E-state index contributed by atoms with van der Waals surface area (Å²) in [5.41, 5.74) is 2.08. The summed E-state index contributed by atoms with van der Waals surface area (Å²) < 4.78 is 32.3. The topological polar surface area (TPSA) is 84.5 Å². The minimum absolute atomic E-state index is 0.0993. The number of amides is 1. The SMILES string of the molecule is Cc1ccc(OCC(=O)NCCNS(=O)(=O)c2cccs2)c(C(C)(C)C)c1. The molecule has 0 saturated carbocycles. The highest BCUT2D eigenvalue weighted by Gasteiger charge is 2.20. The van der Waals surface area contributed by atoms with Crippen LogP contribution in [-0.2, 0) is 20.2 Å². The summed E-state index contributed by atoms with van der Waals surface area (Å²) in [5.74, 6) is 0.382. The van der Waals surface area contributed by atoms with Gasteiger partial charge >= 0.3 is 0 Å². The monoisotopic (exact) mass is 410 g/mol. The van der Waals surface area contributed by atoms with Crippen molar-refractivity contribution in [3.8, 4) is 5.75 Å². The summed E-state index contributed by atoms with van der Waals surface area (Å²) in [6.45, 7) is 8.47. The van der Waals surface area contributed by atoms with E-state index in [2.05, 4.69) is 36.9 Å². The van der Waals surface area contributed by atoms with Crippen molar-refractivity contribution >= 4 is 27.3 Å². The van der Waals surface area contributed by atoms with E-state index in [-0.39, 0.29) is 35.2 Å². The number of benzene rings is 1. The van der Waals surface area contributed by atoms with Gasteiger partial charge in [0, 0.05) is 13.1 Å². The average Bonchev–Trinajstić information content (AvgIpc) is 3.12. The number of sulfonamides is 1. The van der Waals surface area contributed by atoms with Gasteiger partial charge in [0.1, 0.15) is 9.96 Å². The fourth-order valence-electron chi connectivity index (χ4n) is 2.42. The van der Waals surface area contributed by atoms with Crippen LogP contribution in [0.5, 0.6) is 5.75 Å². The molecule has 148 valence electrons. The highest BCUT2D eigenvalue weighted by molar-refractivity contribution is 7.91. The first-order valence-corrected chi connectivity index (χ1v) is 11.0. The van der Waals surface area contributed by atoms with Gasteiger partial charge in [-0.05, 0) is 35.4 Å². The second-order valence-corrected chi connectivity index (χ2v) is 10.2. The van der Waals surface area contributed by atoms with Crippen LogP contribution in [0.3, 0.4) is 0 Å². The van der Waals surface area contributed by atoms with Gasteiger partial charge in [-0.25, -0.2) is 13.1 Å². The molecule has 1 aromatic carbocycles. The maximum absolute atomic E-state index is 12.0. The molecule has 0 spiro atoms. The maximum Gasteiger partial charge on any atom is 0.257 e. The van der Waals surface area contributed by atoms with Crippen molar-refractivity contribution in [2.45, 2.75) is 37.3 Å². The fraction of sp³-hybridized carbons (Fsp3) is 0.421. The van der Waals surface area contributed by atoms with Crippen molar-refractivity contribution in [1.82, 2.24) is 10.0 Å². The third kappa shape index (κ3) is 6.34. The van der Waals surface area contributed by atoms with Gasteiger partial charge in [0.05, 0.1) is 0 Å². The second kappa shape index (κ2) is 8.86. The Balaban J connectivity index is 1.80. The molecule has 0 saturated heterocycles. The van der Waals surface area contributed by atoms with Gasteiger partial charge in [-0.2, -0.15) is 0 Å². The van der Waals surface area contributed by atoms with E-state index in [1.807, 2.05) is 19.1 Å². The van der Waals surface area contributed by atoms with Crippen LogP contribution in [0, 0.1) is 6.92 Å². The lowest BCUT2D eigenvalue weighted by molar-refractivity contribution is -0.123. The van der Waals surface area contributed by atoms with Crippen LogP contribution in [0.1, 0.15) is 31.9 Å². The molecule has 6 nitrogen and oxygen atoms in total. The van der Waals surface area contributed by atoms with Crippen LogP contribution in [0.2, 0.25) is 0 Å². The molecule has 0 aliphatic heterocycles. The Morgan fingerprint density at radius 2 is 1.93 bits per heavy atom. The van der Waals surface area contributed by atoms with Gasteiger partial charge < -0.3 is 10.1 Å². The van der Waals surface area contributed by atoms with Gasteiger partial charge in [0.2, 0.25) is 10.0 Å². The Morgan fingerprint density at radius 1 is 1.19 bits per heavy atom. The molecule has 0 atom stereocenters. The highest BCUT2D eigenvalue weighted by Crippen LogP contribution is 2.32. The van der Waals surface area contributed by atoms with Crippen molar-refractivity contribution < 1.29 is 17.9 Å². The van der Waals surface area contributed by atoms with E-state index in [1.54, 1.807) is 11.4 Å². The average molecular weight is 411 g/mol. The number of ether oxygens (including phenoxy) is 1. The number of rotatable bonds is 8. The Labute approximate surface area is 165 Å². The first-order valence-electron chi connectivity index (χ1n) is 8.63. The van der Waals surface area contributed by atoms with E-state index in [4.69, 9.17) is 4.74 Å². The van der Waals surface area contributed by atoms with E-state index in [0.29, 0.717) is 5.75 Å². The van der Waals surface area contributed by atoms with Crippen molar-refractivity contribution in [3.63, 3.8) is 0 Å². The van der Waals surface area contributed by atoms with E-state index < -0.39 is 10.0 Å². The van der Waals surface area contributed by atoms with Gasteiger partial charge in [-0.3, -0.25) is 4.79 Å². The van der Waals surface area contributed by atoms with Crippen LogP contribution in [-0.4, -0.2) is 34.0 Å². The quantitative estimate of drug-likeness (QED) is 0.656. The van der Waals surface area contributed by atoms with Crippen molar-refractivity contribution in [3.05, 3.63) is 46.8 Å². The van der Waals surface area contributed by atoms with Gasteiger partial charge in [0.25, 0.3) is 5.91 Å². The second-order valence-electron chi connectivity index (χ2n) is 7.22. The van der Waals surface area contributed by atoms with Crippen molar-refractivity contribution in [1.29, 1.82) is 0 Å². The Hall–Kier alpha value is -1.90. The Bertz CT molecular complexity index is 870. The normalized spacial score (nSPS) is 12.0. The molecular formula is C19H26N2O4S2. The first-order chi connectivity index (χ1) is 12.6. The number of thiophene rings is 1. The van der Waals surface area contributed by atoms with Crippen molar-refractivity contribution in [2.24, 2.45) is 0 Å². The molecule has 0 unspecified atom stereocenters. The molecule has 0 fully saturated rings. The van der Waals surface area contributed by atoms with E-state index in [0.717, 1.165) is 22.5 Å².